The number of furan rings is 1. The third-order valence-electron chi connectivity index (χ3n) is 8.85. The maximum Gasteiger partial charge on any atom is 0.289 e. The summed E-state index contributed by atoms with van der Waals surface area (Å²) in [7, 11) is 0. The van der Waals surface area contributed by atoms with Crippen molar-refractivity contribution in [3.63, 3.8) is 0 Å². The number of benzene rings is 2. The topological polar surface area (TPSA) is 77.3 Å². The lowest BCUT2D eigenvalue weighted by atomic mass is 9.85. The summed E-state index contributed by atoms with van der Waals surface area (Å²) < 4.78 is 5.31. The summed E-state index contributed by atoms with van der Waals surface area (Å²) in [5.41, 5.74) is 1.53. The summed E-state index contributed by atoms with van der Waals surface area (Å²) in [5, 5.41) is 0. The number of hydrogen-bond acceptors (Lipinski definition) is 5. The van der Waals surface area contributed by atoms with Gasteiger partial charge in [-0.1, -0.05) is 48.5 Å². The number of amides is 3. The van der Waals surface area contributed by atoms with Crippen LogP contribution in [0.1, 0.15) is 41.8 Å². The van der Waals surface area contributed by atoms with Gasteiger partial charge >= 0.3 is 0 Å². The number of nitrogens with zero attached hydrogens (tertiary/aromatic N) is 4. The van der Waals surface area contributed by atoms with Crippen LogP contribution in [-0.4, -0.2) is 77.4 Å². The number of piperidine rings is 2. The minimum atomic E-state index is -0.774. The summed E-state index contributed by atoms with van der Waals surface area (Å²) in [6.07, 6.45) is 5.51. The number of anilines is 1. The van der Waals surface area contributed by atoms with Gasteiger partial charge in [0.05, 0.1) is 12.9 Å². The molecule has 3 amide bonds. The average molecular weight is 541 g/mol. The maximum absolute atomic E-state index is 14.0. The SMILES string of the molecule is O=C(CN1CN(c2ccccc2)C2(CCN(C(=O)c3ccco3)CC2)C1=O)N1CCC(Cc2ccccc2)CC1. The van der Waals surface area contributed by atoms with Gasteiger partial charge in [-0.25, -0.2) is 0 Å². The van der Waals surface area contributed by atoms with Crippen molar-refractivity contribution in [1.82, 2.24) is 14.7 Å². The van der Waals surface area contributed by atoms with Crippen LogP contribution in [0.4, 0.5) is 5.69 Å². The molecule has 0 radical (unpaired) electrons. The van der Waals surface area contributed by atoms with Crippen LogP contribution in [0.5, 0.6) is 0 Å². The molecule has 3 saturated heterocycles. The number of carbonyl (C=O) groups is 3. The lowest BCUT2D eigenvalue weighted by Gasteiger charge is -2.43. The molecule has 3 aliphatic rings. The predicted octanol–water partition coefficient (Wildman–Crippen LogP) is 4.04. The molecule has 208 valence electrons. The molecule has 6 rings (SSSR count). The Balaban J connectivity index is 1.11. The van der Waals surface area contributed by atoms with Gasteiger partial charge in [0, 0.05) is 31.9 Å². The molecular formula is C32H36N4O4. The normalized spacial score (nSPS) is 19.4. The fourth-order valence-corrected chi connectivity index (χ4v) is 6.56. The van der Waals surface area contributed by atoms with E-state index in [9.17, 15) is 14.4 Å². The van der Waals surface area contributed by atoms with Crippen molar-refractivity contribution in [3.8, 4) is 0 Å². The van der Waals surface area contributed by atoms with Gasteiger partial charge in [0.15, 0.2) is 5.76 Å². The van der Waals surface area contributed by atoms with Crippen molar-refractivity contribution in [1.29, 1.82) is 0 Å². The van der Waals surface area contributed by atoms with Crippen LogP contribution < -0.4 is 4.90 Å². The van der Waals surface area contributed by atoms with Gasteiger partial charge in [-0.2, -0.15) is 0 Å². The zero-order valence-corrected chi connectivity index (χ0v) is 22.8. The van der Waals surface area contributed by atoms with Crippen LogP contribution in [0.25, 0.3) is 0 Å². The first kappa shape index (κ1) is 26.2. The summed E-state index contributed by atoms with van der Waals surface area (Å²) in [6.45, 7) is 2.82. The number of likely N-dealkylation sites (tertiary alicyclic amines) is 2. The van der Waals surface area contributed by atoms with Gasteiger partial charge in [0.1, 0.15) is 12.1 Å². The van der Waals surface area contributed by atoms with Crippen LogP contribution in [0.15, 0.2) is 83.5 Å². The Hall–Kier alpha value is -4.07. The van der Waals surface area contributed by atoms with Crippen LogP contribution in [0.2, 0.25) is 0 Å². The van der Waals surface area contributed by atoms with Gasteiger partial charge in [-0.3, -0.25) is 14.4 Å². The zero-order valence-electron chi connectivity index (χ0n) is 22.8. The highest BCUT2D eigenvalue weighted by molar-refractivity contribution is 5.97. The largest absolute Gasteiger partial charge is 0.459 e. The predicted molar refractivity (Wildman–Crippen MR) is 152 cm³/mol. The van der Waals surface area contributed by atoms with E-state index in [2.05, 4.69) is 29.2 Å². The lowest BCUT2D eigenvalue weighted by molar-refractivity contribution is -0.141. The summed E-state index contributed by atoms with van der Waals surface area (Å²) in [6, 6.07) is 23.8. The highest BCUT2D eigenvalue weighted by Crippen LogP contribution is 2.40. The van der Waals surface area contributed by atoms with Gasteiger partial charge in [-0.15, -0.1) is 0 Å². The Morgan fingerprint density at radius 3 is 2.15 bits per heavy atom. The van der Waals surface area contributed by atoms with Crippen molar-refractivity contribution in [2.24, 2.45) is 5.92 Å². The summed E-state index contributed by atoms with van der Waals surface area (Å²) in [4.78, 5) is 47.9. The van der Waals surface area contributed by atoms with Crippen molar-refractivity contribution in [3.05, 3.63) is 90.4 Å². The molecule has 0 saturated carbocycles. The van der Waals surface area contributed by atoms with Crippen LogP contribution in [-0.2, 0) is 16.0 Å². The van der Waals surface area contributed by atoms with E-state index in [0.717, 1.165) is 38.0 Å². The molecule has 1 aromatic heterocycles. The van der Waals surface area contributed by atoms with Crippen LogP contribution in [0, 0.1) is 5.92 Å². The third kappa shape index (κ3) is 5.10. The second-order valence-electron chi connectivity index (χ2n) is 11.2. The second kappa shape index (κ2) is 11.2. The molecule has 3 aromatic rings. The number of rotatable bonds is 6. The molecule has 8 heteroatoms. The molecule has 0 aliphatic carbocycles. The standard InChI is InChI=1S/C32H36N4O4/c37-29(33-17-13-26(14-18-33)22-25-8-3-1-4-9-25)23-35-24-36(27-10-5-2-6-11-27)32(31(35)39)15-19-34(20-16-32)30(38)28-12-7-21-40-28/h1-12,21,26H,13-20,22-24H2. The molecule has 1 spiro atoms. The molecule has 0 N–H and O–H groups in total. The number of hydrogen-bond donors (Lipinski definition) is 0. The molecule has 3 fully saturated rings. The minimum Gasteiger partial charge on any atom is -0.459 e. The Bertz CT molecular complexity index is 1310. The Morgan fingerprint density at radius 2 is 1.50 bits per heavy atom. The van der Waals surface area contributed by atoms with Gasteiger partial charge in [-0.05, 0) is 67.9 Å². The van der Waals surface area contributed by atoms with Gasteiger partial charge < -0.3 is 24.0 Å². The number of para-hydroxylation sites is 1. The van der Waals surface area contributed by atoms with E-state index in [0.29, 0.717) is 44.3 Å². The van der Waals surface area contributed by atoms with Crippen molar-refractivity contribution < 1.29 is 18.8 Å². The third-order valence-corrected chi connectivity index (χ3v) is 8.85. The maximum atomic E-state index is 14.0. The Labute approximate surface area is 235 Å². The lowest BCUT2D eigenvalue weighted by Crippen LogP contribution is -2.57. The smallest absolute Gasteiger partial charge is 0.289 e. The van der Waals surface area contributed by atoms with E-state index >= 15 is 0 Å². The first-order valence-corrected chi connectivity index (χ1v) is 14.3. The summed E-state index contributed by atoms with van der Waals surface area (Å²) >= 11 is 0. The fourth-order valence-electron chi connectivity index (χ4n) is 6.56. The first-order chi connectivity index (χ1) is 19.5. The van der Waals surface area contributed by atoms with E-state index < -0.39 is 5.54 Å². The van der Waals surface area contributed by atoms with Crippen LogP contribution in [0.3, 0.4) is 0 Å². The molecular weight excluding hydrogens is 504 g/mol. The quantitative estimate of drug-likeness (QED) is 0.472. The van der Waals surface area contributed by atoms with Crippen LogP contribution >= 0.6 is 0 Å². The highest BCUT2D eigenvalue weighted by Gasteiger charge is 2.54. The monoisotopic (exact) mass is 540 g/mol. The Morgan fingerprint density at radius 1 is 0.825 bits per heavy atom. The molecule has 0 bridgehead atoms. The first-order valence-electron chi connectivity index (χ1n) is 14.3. The molecule has 4 heterocycles. The van der Waals surface area contributed by atoms with Gasteiger partial charge in [0.25, 0.3) is 11.8 Å². The van der Waals surface area contributed by atoms with Crippen molar-refractivity contribution in [2.45, 2.75) is 37.6 Å². The molecule has 0 unspecified atom stereocenters. The van der Waals surface area contributed by atoms with E-state index in [1.807, 2.05) is 41.3 Å². The molecule has 3 aliphatic heterocycles. The second-order valence-corrected chi connectivity index (χ2v) is 11.2. The highest BCUT2D eigenvalue weighted by atomic mass is 16.3. The van der Waals surface area contributed by atoms with E-state index in [4.69, 9.17) is 4.42 Å². The zero-order chi connectivity index (χ0) is 27.5. The molecule has 2 aromatic carbocycles. The van der Waals surface area contributed by atoms with Crippen molar-refractivity contribution in [2.75, 3.05) is 44.3 Å². The molecule has 40 heavy (non-hydrogen) atoms. The van der Waals surface area contributed by atoms with Gasteiger partial charge in [0.2, 0.25) is 5.91 Å². The molecule has 0 atom stereocenters. The summed E-state index contributed by atoms with van der Waals surface area (Å²) in [5.74, 6) is 0.731. The van der Waals surface area contributed by atoms with E-state index in [-0.39, 0.29) is 24.3 Å². The number of carbonyl (C=O) groups excluding carboxylic acids is 3. The average Bonchev–Trinajstić information content (AvgIpc) is 3.63. The van der Waals surface area contributed by atoms with Crippen molar-refractivity contribution >= 4 is 23.4 Å². The van der Waals surface area contributed by atoms with E-state index in [1.165, 1.54) is 11.8 Å². The van der Waals surface area contributed by atoms with E-state index in [1.54, 1.807) is 21.9 Å². The molecule has 8 nitrogen and oxygen atoms in total. The minimum absolute atomic E-state index is 0.0157. The fraction of sp³-hybridized carbons (Fsp3) is 0.406. The Kier molecular flexibility index (Phi) is 7.32.